The van der Waals surface area contributed by atoms with Crippen molar-refractivity contribution in [3.63, 3.8) is 0 Å². The van der Waals surface area contributed by atoms with Gasteiger partial charge in [-0.3, -0.25) is 19.4 Å². The zero-order valence-corrected chi connectivity index (χ0v) is 19.7. The molecule has 0 aromatic heterocycles. The number of hydrogen-bond acceptors (Lipinski definition) is 7. The molecule has 2 aliphatic heterocycles. The smallest absolute Gasteiger partial charge is 0.278 e. The molecule has 2 aliphatic rings. The molecular weight excluding hydrogens is 434 g/mol. The van der Waals surface area contributed by atoms with E-state index in [1.165, 1.54) is 4.90 Å². The predicted octanol–water partition coefficient (Wildman–Crippen LogP) is 3.01. The SMILES string of the molecule is CCOc1cccc(NC2=C(c3ccc(OC)cc3)C(=O)N(CCCN3CCOCC3)C2=O)c1. The summed E-state index contributed by atoms with van der Waals surface area (Å²) in [5, 5.41) is 3.20. The number of ether oxygens (including phenoxy) is 3. The van der Waals surface area contributed by atoms with E-state index in [4.69, 9.17) is 14.2 Å². The van der Waals surface area contributed by atoms with Crippen LogP contribution in [0.3, 0.4) is 0 Å². The fraction of sp³-hybridized carbons (Fsp3) is 0.385. The minimum Gasteiger partial charge on any atom is -0.497 e. The van der Waals surface area contributed by atoms with Crippen molar-refractivity contribution in [3.05, 3.63) is 59.8 Å². The fourth-order valence-electron chi connectivity index (χ4n) is 4.17. The first-order valence-electron chi connectivity index (χ1n) is 11.7. The zero-order chi connectivity index (χ0) is 23.9. The number of hydrogen-bond donors (Lipinski definition) is 1. The Morgan fingerprint density at radius 1 is 0.971 bits per heavy atom. The van der Waals surface area contributed by atoms with Gasteiger partial charge in [-0.2, -0.15) is 0 Å². The number of methoxy groups -OCH3 is 1. The third-order valence-electron chi connectivity index (χ3n) is 5.92. The second-order valence-electron chi connectivity index (χ2n) is 8.13. The van der Waals surface area contributed by atoms with Crippen molar-refractivity contribution in [2.75, 3.05) is 58.4 Å². The highest BCUT2D eigenvalue weighted by Crippen LogP contribution is 2.32. The number of morpholine rings is 1. The summed E-state index contributed by atoms with van der Waals surface area (Å²) in [5.41, 5.74) is 1.98. The molecule has 2 amide bonds. The number of amides is 2. The molecular formula is C26H31N3O5. The number of rotatable bonds is 10. The molecule has 0 radical (unpaired) electrons. The van der Waals surface area contributed by atoms with Crippen LogP contribution in [-0.4, -0.2) is 74.7 Å². The number of carbonyl (C=O) groups is 2. The first-order chi connectivity index (χ1) is 16.6. The molecule has 8 nitrogen and oxygen atoms in total. The number of carbonyl (C=O) groups excluding carboxylic acids is 2. The Bertz CT molecular complexity index is 1040. The van der Waals surface area contributed by atoms with Crippen LogP contribution in [0.4, 0.5) is 5.69 Å². The average Bonchev–Trinajstić information content (AvgIpc) is 3.09. The summed E-state index contributed by atoms with van der Waals surface area (Å²) in [4.78, 5) is 30.5. The van der Waals surface area contributed by atoms with Gasteiger partial charge in [0.2, 0.25) is 0 Å². The maximum absolute atomic E-state index is 13.4. The van der Waals surface area contributed by atoms with Crippen molar-refractivity contribution in [2.45, 2.75) is 13.3 Å². The first kappa shape index (κ1) is 23.8. The molecule has 0 atom stereocenters. The van der Waals surface area contributed by atoms with Crippen LogP contribution in [0.5, 0.6) is 11.5 Å². The first-order valence-corrected chi connectivity index (χ1v) is 11.7. The summed E-state index contributed by atoms with van der Waals surface area (Å²) in [6.45, 7) is 6.83. The predicted molar refractivity (Wildman–Crippen MR) is 130 cm³/mol. The van der Waals surface area contributed by atoms with Gasteiger partial charge in [0, 0.05) is 37.9 Å². The Balaban J connectivity index is 1.57. The summed E-state index contributed by atoms with van der Waals surface area (Å²) in [7, 11) is 1.59. The highest BCUT2D eigenvalue weighted by atomic mass is 16.5. The molecule has 180 valence electrons. The second kappa shape index (κ2) is 11.2. The van der Waals surface area contributed by atoms with Gasteiger partial charge >= 0.3 is 0 Å². The molecule has 0 spiro atoms. The van der Waals surface area contributed by atoms with Crippen LogP contribution in [0.2, 0.25) is 0 Å². The van der Waals surface area contributed by atoms with Gasteiger partial charge in [0.15, 0.2) is 0 Å². The van der Waals surface area contributed by atoms with Gasteiger partial charge in [-0.25, -0.2) is 0 Å². The largest absolute Gasteiger partial charge is 0.497 e. The molecule has 4 rings (SSSR count). The maximum atomic E-state index is 13.4. The molecule has 1 saturated heterocycles. The van der Waals surface area contributed by atoms with Crippen LogP contribution in [0.1, 0.15) is 18.9 Å². The van der Waals surface area contributed by atoms with Gasteiger partial charge in [0.05, 0.1) is 32.5 Å². The zero-order valence-electron chi connectivity index (χ0n) is 19.7. The van der Waals surface area contributed by atoms with E-state index in [2.05, 4.69) is 10.2 Å². The Hall–Kier alpha value is -3.36. The summed E-state index contributed by atoms with van der Waals surface area (Å²) in [6.07, 6.45) is 0.709. The lowest BCUT2D eigenvalue weighted by molar-refractivity contribution is -0.136. The molecule has 2 aromatic rings. The molecule has 2 heterocycles. The summed E-state index contributed by atoms with van der Waals surface area (Å²) >= 11 is 0. The van der Waals surface area contributed by atoms with Gasteiger partial charge in [0.25, 0.3) is 11.8 Å². The normalized spacial score (nSPS) is 16.8. The van der Waals surface area contributed by atoms with Crippen LogP contribution < -0.4 is 14.8 Å². The number of benzene rings is 2. The van der Waals surface area contributed by atoms with E-state index in [0.717, 1.165) is 32.8 Å². The highest BCUT2D eigenvalue weighted by Gasteiger charge is 2.39. The molecule has 1 fully saturated rings. The van der Waals surface area contributed by atoms with Crippen molar-refractivity contribution in [1.29, 1.82) is 0 Å². The van der Waals surface area contributed by atoms with Gasteiger partial charge < -0.3 is 19.5 Å². The molecule has 0 unspecified atom stereocenters. The Morgan fingerprint density at radius 3 is 2.44 bits per heavy atom. The highest BCUT2D eigenvalue weighted by molar-refractivity contribution is 6.36. The standard InChI is InChI=1S/C26H31N3O5/c1-3-34-22-7-4-6-20(18-22)27-24-23(19-8-10-21(32-2)11-9-19)25(30)29(26(24)31)13-5-12-28-14-16-33-17-15-28/h4,6-11,18,27H,3,5,12-17H2,1-2H3. The van der Waals surface area contributed by atoms with Gasteiger partial charge in [-0.15, -0.1) is 0 Å². The average molecular weight is 466 g/mol. The minimum absolute atomic E-state index is 0.273. The van der Waals surface area contributed by atoms with E-state index in [9.17, 15) is 9.59 Å². The molecule has 2 aromatic carbocycles. The van der Waals surface area contributed by atoms with Crippen molar-refractivity contribution in [2.24, 2.45) is 0 Å². The molecule has 0 bridgehead atoms. The van der Waals surface area contributed by atoms with Crippen molar-refractivity contribution in [1.82, 2.24) is 9.80 Å². The van der Waals surface area contributed by atoms with E-state index in [-0.39, 0.29) is 17.5 Å². The van der Waals surface area contributed by atoms with Crippen LogP contribution >= 0.6 is 0 Å². The van der Waals surface area contributed by atoms with Gasteiger partial charge in [-0.1, -0.05) is 18.2 Å². The van der Waals surface area contributed by atoms with E-state index >= 15 is 0 Å². The summed E-state index contributed by atoms with van der Waals surface area (Å²) in [5.74, 6) is 0.765. The monoisotopic (exact) mass is 465 g/mol. The number of nitrogens with zero attached hydrogens (tertiary/aromatic N) is 2. The number of anilines is 1. The molecule has 34 heavy (non-hydrogen) atoms. The van der Waals surface area contributed by atoms with Gasteiger partial charge in [0.1, 0.15) is 17.2 Å². The lowest BCUT2D eigenvalue weighted by atomic mass is 10.0. The molecule has 8 heteroatoms. The molecule has 0 aliphatic carbocycles. The fourth-order valence-corrected chi connectivity index (χ4v) is 4.17. The summed E-state index contributed by atoms with van der Waals surface area (Å²) < 4.78 is 16.2. The maximum Gasteiger partial charge on any atom is 0.278 e. The van der Waals surface area contributed by atoms with Crippen molar-refractivity contribution < 1.29 is 23.8 Å². The third kappa shape index (κ3) is 5.40. The number of nitrogens with one attached hydrogen (secondary N) is 1. The summed E-state index contributed by atoms with van der Waals surface area (Å²) in [6, 6.07) is 14.5. The van der Waals surface area contributed by atoms with Crippen LogP contribution in [-0.2, 0) is 14.3 Å². The van der Waals surface area contributed by atoms with Crippen molar-refractivity contribution in [3.8, 4) is 11.5 Å². The lowest BCUT2D eigenvalue weighted by Gasteiger charge is -2.27. The van der Waals surface area contributed by atoms with Crippen LogP contribution in [0, 0.1) is 0 Å². The minimum atomic E-state index is -0.320. The third-order valence-corrected chi connectivity index (χ3v) is 5.92. The Kier molecular flexibility index (Phi) is 7.82. The van der Waals surface area contributed by atoms with E-state index in [0.29, 0.717) is 47.9 Å². The lowest BCUT2D eigenvalue weighted by Crippen LogP contribution is -2.39. The Morgan fingerprint density at radius 2 is 1.74 bits per heavy atom. The van der Waals surface area contributed by atoms with E-state index in [1.807, 2.05) is 31.2 Å². The number of imide groups is 1. The van der Waals surface area contributed by atoms with E-state index in [1.54, 1.807) is 31.4 Å². The van der Waals surface area contributed by atoms with Crippen LogP contribution in [0.25, 0.3) is 5.57 Å². The molecule has 1 N–H and O–H groups in total. The quantitative estimate of drug-likeness (QED) is 0.541. The van der Waals surface area contributed by atoms with Gasteiger partial charge in [-0.05, 0) is 43.2 Å². The topological polar surface area (TPSA) is 80.3 Å². The van der Waals surface area contributed by atoms with E-state index < -0.39 is 0 Å². The molecule has 0 saturated carbocycles. The van der Waals surface area contributed by atoms with Crippen LogP contribution in [0.15, 0.2) is 54.2 Å². The Labute approximate surface area is 200 Å². The second-order valence-corrected chi connectivity index (χ2v) is 8.13. The van der Waals surface area contributed by atoms with Crippen molar-refractivity contribution >= 4 is 23.1 Å².